The number of aryl methyl sites for hydroxylation is 1. The van der Waals surface area contributed by atoms with E-state index in [1.165, 1.54) is 17.0 Å². The molecule has 0 saturated heterocycles. The van der Waals surface area contributed by atoms with E-state index in [0.717, 1.165) is 15.4 Å². The first-order valence-electron chi connectivity index (χ1n) is 12.4. The van der Waals surface area contributed by atoms with Crippen molar-refractivity contribution in [3.05, 3.63) is 95.0 Å². The number of anilines is 1. The lowest BCUT2D eigenvalue weighted by molar-refractivity contribution is -0.139. The number of benzene rings is 3. The minimum Gasteiger partial charge on any atom is -0.354 e. The molecule has 0 saturated carbocycles. The lowest BCUT2D eigenvalue weighted by Gasteiger charge is -2.32. The van der Waals surface area contributed by atoms with E-state index in [2.05, 4.69) is 5.32 Å². The lowest BCUT2D eigenvalue weighted by Crippen LogP contribution is -2.51. The van der Waals surface area contributed by atoms with Crippen molar-refractivity contribution >= 4 is 39.1 Å². The van der Waals surface area contributed by atoms with Crippen molar-refractivity contribution in [3.8, 4) is 0 Å². The maximum Gasteiger partial charge on any atom is 0.264 e. The number of amides is 2. The molecule has 0 unspecified atom stereocenters. The normalized spacial score (nSPS) is 12.2. The summed E-state index contributed by atoms with van der Waals surface area (Å²) in [6.45, 7) is 7.51. The number of carbonyl (C=O) groups excluding carboxylic acids is 2. The molecule has 7 nitrogen and oxygen atoms in total. The van der Waals surface area contributed by atoms with Gasteiger partial charge in [-0.2, -0.15) is 0 Å². The topological polar surface area (TPSA) is 86.8 Å². The first-order valence-corrected chi connectivity index (χ1v) is 14.3. The highest BCUT2D eigenvalue weighted by Crippen LogP contribution is 2.25. The Hall–Kier alpha value is -3.36. The number of hydrogen-bond acceptors (Lipinski definition) is 4. The van der Waals surface area contributed by atoms with Gasteiger partial charge in [0, 0.05) is 18.1 Å². The molecule has 202 valence electrons. The molecule has 0 aliphatic carbocycles. The molecule has 0 aliphatic rings. The van der Waals surface area contributed by atoms with Crippen molar-refractivity contribution in [2.24, 2.45) is 5.92 Å². The summed E-state index contributed by atoms with van der Waals surface area (Å²) in [6.07, 6.45) is 0. The van der Waals surface area contributed by atoms with Gasteiger partial charge in [-0.05, 0) is 67.3 Å². The molecule has 0 aromatic heterocycles. The van der Waals surface area contributed by atoms with Crippen LogP contribution in [0.1, 0.15) is 31.9 Å². The summed E-state index contributed by atoms with van der Waals surface area (Å²) in [5.41, 5.74) is 1.93. The van der Waals surface area contributed by atoms with E-state index >= 15 is 0 Å². The SMILES string of the molecule is Cc1cccc(N(CC(=O)N(Cc2cccc(Cl)c2)[C@@H](C)C(=O)NCC(C)C)S(=O)(=O)c2ccccc2)c1. The van der Waals surface area contributed by atoms with Gasteiger partial charge in [0.1, 0.15) is 12.6 Å². The van der Waals surface area contributed by atoms with Crippen LogP contribution in [-0.2, 0) is 26.2 Å². The van der Waals surface area contributed by atoms with Gasteiger partial charge in [-0.3, -0.25) is 13.9 Å². The molecular weight excluding hydrogens is 522 g/mol. The minimum atomic E-state index is -4.08. The molecule has 3 rings (SSSR count). The summed E-state index contributed by atoms with van der Waals surface area (Å²) in [7, 11) is -4.08. The van der Waals surface area contributed by atoms with Crippen LogP contribution < -0.4 is 9.62 Å². The first kappa shape index (κ1) is 29.2. The van der Waals surface area contributed by atoms with Crippen LogP contribution in [0.25, 0.3) is 0 Å². The van der Waals surface area contributed by atoms with Crippen LogP contribution >= 0.6 is 11.6 Å². The highest BCUT2D eigenvalue weighted by Gasteiger charge is 2.32. The Labute approximate surface area is 230 Å². The molecule has 0 bridgehead atoms. The quantitative estimate of drug-likeness (QED) is 0.359. The third kappa shape index (κ3) is 7.58. The second kappa shape index (κ2) is 12.9. The van der Waals surface area contributed by atoms with Crippen LogP contribution in [0.3, 0.4) is 0 Å². The van der Waals surface area contributed by atoms with Gasteiger partial charge in [0.05, 0.1) is 10.6 Å². The average molecular weight is 556 g/mol. The van der Waals surface area contributed by atoms with Crippen LogP contribution in [0.5, 0.6) is 0 Å². The molecule has 9 heteroatoms. The third-order valence-corrected chi connectivity index (χ3v) is 8.02. The third-order valence-electron chi connectivity index (χ3n) is 5.99. The molecule has 0 aliphatic heterocycles. The molecular formula is C29H34ClN3O4S. The average Bonchev–Trinajstić information content (AvgIpc) is 2.88. The number of sulfonamides is 1. The summed E-state index contributed by atoms with van der Waals surface area (Å²) < 4.78 is 28.6. The first-order chi connectivity index (χ1) is 18.0. The fourth-order valence-corrected chi connectivity index (χ4v) is 5.54. The standard InChI is InChI=1S/C29H34ClN3O4S/c1-21(2)18-31-29(35)23(4)32(19-24-11-9-12-25(30)17-24)28(34)20-33(26-13-8-10-22(3)16-26)38(36,37)27-14-6-5-7-15-27/h5-17,21,23H,18-20H2,1-4H3,(H,31,35)/t23-/m0/s1. The summed E-state index contributed by atoms with van der Waals surface area (Å²) in [5.74, 6) is -0.601. The second-order valence-electron chi connectivity index (χ2n) is 9.63. The summed E-state index contributed by atoms with van der Waals surface area (Å²) in [5, 5.41) is 3.37. The van der Waals surface area contributed by atoms with Crippen molar-refractivity contribution in [1.82, 2.24) is 10.2 Å². The van der Waals surface area contributed by atoms with Gasteiger partial charge >= 0.3 is 0 Å². The predicted molar refractivity (Wildman–Crippen MR) is 151 cm³/mol. The molecule has 0 radical (unpaired) electrons. The molecule has 1 atom stereocenters. The van der Waals surface area contributed by atoms with Crippen molar-refractivity contribution < 1.29 is 18.0 Å². The molecule has 3 aromatic carbocycles. The van der Waals surface area contributed by atoms with Gasteiger partial charge in [0.2, 0.25) is 11.8 Å². The monoisotopic (exact) mass is 555 g/mol. The molecule has 0 heterocycles. The molecule has 2 amide bonds. The highest BCUT2D eigenvalue weighted by atomic mass is 35.5. The van der Waals surface area contributed by atoms with Gasteiger partial charge in [0.15, 0.2) is 0 Å². The fraction of sp³-hybridized carbons (Fsp3) is 0.310. The van der Waals surface area contributed by atoms with Gasteiger partial charge in [-0.1, -0.05) is 67.9 Å². The van der Waals surface area contributed by atoms with Gasteiger partial charge < -0.3 is 10.2 Å². The Morgan fingerprint density at radius 3 is 2.24 bits per heavy atom. The van der Waals surface area contributed by atoms with Crippen molar-refractivity contribution in [3.63, 3.8) is 0 Å². The highest BCUT2D eigenvalue weighted by molar-refractivity contribution is 7.92. The van der Waals surface area contributed by atoms with Gasteiger partial charge in [-0.25, -0.2) is 8.42 Å². The summed E-state index contributed by atoms with van der Waals surface area (Å²) >= 11 is 6.17. The Kier molecular flexibility index (Phi) is 9.94. The zero-order chi connectivity index (χ0) is 27.9. The van der Waals surface area contributed by atoms with Crippen LogP contribution in [0.15, 0.2) is 83.8 Å². The van der Waals surface area contributed by atoms with E-state index in [-0.39, 0.29) is 23.3 Å². The minimum absolute atomic E-state index is 0.0680. The van der Waals surface area contributed by atoms with Crippen molar-refractivity contribution in [2.75, 3.05) is 17.4 Å². The number of nitrogens with one attached hydrogen (secondary N) is 1. The van der Waals surface area contributed by atoms with Crippen LogP contribution in [0, 0.1) is 12.8 Å². The fourth-order valence-electron chi connectivity index (χ4n) is 3.90. The largest absolute Gasteiger partial charge is 0.354 e. The van der Waals surface area contributed by atoms with E-state index in [1.54, 1.807) is 61.5 Å². The number of carbonyl (C=O) groups is 2. The molecule has 38 heavy (non-hydrogen) atoms. The van der Waals surface area contributed by atoms with Gasteiger partial charge in [0.25, 0.3) is 10.0 Å². The van der Waals surface area contributed by atoms with Crippen molar-refractivity contribution in [2.45, 2.75) is 45.2 Å². The molecule has 3 aromatic rings. The Balaban J connectivity index is 2.00. The lowest BCUT2D eigenvalue weighted by atomic mass is 10.1. The Bertz CT molecular complexity index is 1360. The van der Waals surface area contributed by atoms with Crippen LogP contribution in [0.2, 0.25) is 5.02 Å². The molecule has 0 fully saturated rings. The van der Waals surface area contributed by atoms with Gasteiger partial charge in [-0.15, -0.1) is 0 Å². The van der Waals surface area contributed by atoms with E-state index < -0.39 is 28.5 Å². The number of rotatable bonds is 11. The maximum atomic E-state index is 13.9. The van der Waals surface area contributed by atoms with E-state index in [0.29, 0.717) is 17.3 Å². The number of nitrogens with zero attached hydrogens (tertiary/aromatic N) is 2. The predicted octanol–water partition coefficient (Wildman–Crippen LogP) is 5.03. The molecule has 0 spiro atoms. The zero-order valence-corrected chi connectivity index (χ0v) is 23.7. The Morgan fingerprint density at radius 2 is 1.61 bits per heavy atom. The number of hydrogen-bond donors (Lipinski definition) is 1. The molecule has 1 N–H and O–H groups in total. The summed E-state index contributed by atoms with van der Waals surface area (Å²) in [6, 6.07) is 21.1. The number of halogens is 1. The Morgan fingerprint density at radius 1 is 0.921 bits per heavy atom. The maximum absolute atomic E-state index is 13.9. The second-order valence-corrected chi connectivity index (χ2v) is 11.9. The van der Waals surface area contributed by atoms with E-state index in [1.807, 2.05) is 32.9 Å². The van der Waals surface area contributed by atoms with Crippen LogP contribution in [0.4, 0.5) is 5.69 Å². The van der Waals surface area contributed by atoms with E-state index in [4.69, 9.17) is 11.6 Å². The zero-order valence-electron chi connectivity index (χ0n) is 22.1. The summed E-state index contributed by atoms with van der Waals surface area (Å²) in [4.78, 5) is 28.3. The van der Waals surface area contributed by atoms with Crippen LogP contribution in [-0.4, -0.2) is 44.3 Å². The van der Waals surface area contributed by atoms with Crippen molar-refractivity contribution in [1.29, 1.82) is 0 Å². The van der Waals surface area contributed by atoms with E-state index in [9.17, 15) is 18.0 Å². The smallest absolute Gasteiger partial charge is 0.264 e.